The number of carbonyl (C=O) groups excluding carboxylic acids is 3. The zero-order chi connectivity index (χ0) is 27.0. The van der Waals surface area contributed by atoms with Gasteiger partial charge in [-0.15, -0.1) is 22.7 Å². The molecule has 3 aromatic rings. The van der Waals surface area contributed by atoms with Gasteiger partial charge in [0.1, 0.15) is 10.5 Å². The van der Waals surface area contributed by atoms with Gasteiger partial charge in [0.2, 0.25) is 5.91 Å². The zero-order valence-corrected chi connectivity index (χ0v) is 22.7. The van der Waals surface area contributed by atoms with E-state index in [1.165, 1.54) is 51.6 Å². The minimum Gasteiger partial charge on any atom is -0.333 e. The summed E-state index contributed by atoms with van der Waals surface area (Å²) >= 11 is 2.89. The first-order valence-corrected chi connectivity index (χ1v) is 14.4. The van der Waals surface area contributed by atoms with E-state index in [1.54, 1.807) is 31.4 Å². The Labute approximate surface area is 222 Å². The van der Waals surface area contributed by atoms with Gasteiger partial charge in [-0.2, -0.15) is 8.42 Å². The van der Waals surface area contributed by atoms with Gasteiger partial charge in [0.05, 0.1) is 22.8 Å². The molecule has 3 amide bonds. The zero-order valence-electron chi connectivity index (χ0n) is 20.2. The summed E-state index contributed by atoms with van der Waals surface area (Å²) in [6, 6.07) is 9.82. The number of amides is 3. The number of rotatable bonds is 8. The molecule has 11 nitrogen and oxygen atoms in total. The van der Waals surface area contributed by atoms with E-state index < -0.39 is 33.6 Å². The molecule has 3 heterocycles. The third-order valence-corrected chi connectivity index (χ3v) is 8.44. The average molecular weight is 564 g/mol. The lowest BCUT2D eigenvalue weighted by Crippen LogP contribution is -2.65. The number of hydrogen-bond acceptors (Lipinski definition) is 8. The van der Waals surface area contributed by atoms with Crippen LogP contribution in [-0.4, -0.2) is 70.2 Å². The van der Waals surface area contributed by atoms with Gasteiger partial charge in [0.25, 0.3) is 0 Å². The molecular weight excluding hydrogens is 538 g/mol. The molecule has 196 valence electrons. The van der Waals surface area contributed by atoms with Crippen molar-refractivity contribution in [2.45, 2.75) is 26.3 Å². The number of hydrogen-bond donors (Lipinski definition) is 2. The van der Waals surface area contributed by atoms with Gasteiger partial charge in [-0.05, 0) is 43.0 Å². The summed E-state index contributed by atoms with van der Waals surface area (Å²) in [6.07, 6.45) is 0. The molecule has 0 saturated carbocycles. The molecular formula is C23H25N5O6S3. The molecule has 1 aliphatic rings. The van der Waals surface area contributed by atoms with Crippen molar-refractivity contribution in [1.82, 2.24) is 19.9 Å². The maximum absolute atomic E-state index is 13.2. The van der Waals surface area contributed by atoms with E-state index in [9.17, 15) is 22.8 Å². The van der Waals surface area contributed by atoms with Gasteiger partial charge in [0.15, 0.2) is 0 Å². The van der Waals surface area contributed by atoms with Crippen LogP contribution in [0, 0.1) is 0 Å². The van der Waals surface area contributed by atoms with Crippen molar-refractivity contribution in [3.63, 3.8) is 0 Å². The quantitative estimate of drug-likeness (QED) is 0.317. The first kappa shape index (κ1) is 26.7. The van der Waals surface area contributed by atoms with E-state index in [-0.39, 0.29) is 18.8 Å². The topological polar surface area (TPSA) is 140 Å². The molecule has 1 atom stereocenters. The molecule has 2 N–H and O–H groups in total. The Bertz CT molecular complexity index is 1420. The second kappa shape index (κ2) is 10.2. The van der Waals surface area contributed by atoms with Gasteiger partial charge < -0.3 is 4.90 Å². The van der Waals surface area contributed by atoms with E-state index >= 15 is 0 Å². The number of benzene rings is 1. The summed E-state index contributed by atoms with van der Waals surface area (Å²) in [5.74, 6) is -2.01. The lowest BCUT2D eigenvalue weighted by atomic mass is 9.87. The van der Waals surface area contributed by atoms with Gasteiger partial charge in [0, 0.05) is 25.4 Å². The molecule has 0 unspecified atom stereocenters. The second-order valence-electron chi connectivity index (χ2n) is 8.39. The summed E-state index contributed by atoms with van der Waals surface area (Å²) in [6.45, 7) is 5.54. The maximum Gasteiger partial charge on any atom is 0.357 e. The third-order valence-electron chi connectivity index (χ3n) is 6.06. The summed E-state index contributed by atoms with van der Waals surface area (Å²) in [5.41, 5.74) is -0.281. The largest absolute Gasteiger partial charge is 0.357 e. The van der Waals surface area contributed by atoms with E-state index in [0.717, 1.165) is 14.9 Å². The Morgan fingerprint density at radius 1 is 1.16 bits per heavy atom. The number of carbonyl (C=O) groups is 3. The van der Waals surface area contributed by atoms with Crippen LogP contribution in [-0.2, 0) is 30.2 Å². The van der Waals surface area contributed by atoms with Crippen LogP contribution < -0.4 is 4.72 Å². The van der Waals surface area contributed by atoms with Crippen LogP contribution in [0.25, 0.3) is 9.88 Å². The predicted octanol–water partition coefficient (Wildman–Crippen LogP) is 2.80. The fraction of sp³-hybridized carbons (Fsp3) is 0.304. The van der Waals surface area contributed by atoms with E-state index in [2.05, 4.69) is 0 Å². The molecule has 2 aromatic heterocycles. The number of thiazole rings is 1. The van der Waals surface area contributed by atoms with E-state index in [0.29, 0.717) is 17.8 Å². The molecule has 1 aliphatic heterocycles. The molecule has 4 rings (SSSR count). The SMILES string of the molecule is CCN1CCN(N(C(C)=O)[C@@](C)(c2ccc(NS(=O)(=O)O)cc2)c2csc(-c3cccs3)n2)C(=O)C1=O. The lowest BCUT2D eigenvalue weighted by Gasteiger charge is -2.48. The standard InChI is InChI=1S/C23H25N5O6S3/c1-4-26-11-12-27(22(31)21(26)30)28(15(2)29)23(3,16-7-9-17(10-8-16)25-37(32,33)34)19-14-36-20(24-19)18-6-5-13-35-18/h5-10,13-14,25H,4,11-12H2,1-3H3,(H,32,33,34)/t23-/m0/s1. The lowest BCUT2D eigenvalue weighted by molar-refractivity contribution is -0.184. The first-order chi connectivity index (χ1) is 17.5. The predicted molar refractivity (Wildman–Crippen MR) is 140 cm³/mol. The molecule has 0 aliphatic carbocycles. The molecule has 1 saturated heterocycles. The monoisotopic (exact) mass is 563 g/mol. The number of hydrazine groups is 1. The number of anilines is 1. The minimum absolute atomic E-state index is 0.100. The summed E-state index contributed by atoms with van der Waals surface area (Å²) < 4.78 is 33.6. The fourth-order valence-electron chi connectivity index (χ4n) is 4.28. The van der Waals surface area contributed by atoms with Gasteiger partial charge in [-0.1, -0.05) is 18.2 Å². The highest BCUT2D eigenvalue weighted by Gasteiger charge is 2.47. The fourth-order valence-corrected chi connectivity index (χ4v) is 6.45. The van der Waals surface area contributed by atoms with Crippen LogP contribution >= 0.6 is 22.7 Å². The summed E-state index contributed by atoms with van der Waals surface area (Å²) in [4.78, 5) is 46.2. The molecule has 0 radical (unpaired) electrons. The highest BCUT2D eigenvalue weighted by atomic mass is 32.2. The summed E-state index contributed by atoms with van der Waals surface area (Å²) in [5, 5.41) is 6.85. The van der Waals surface area contributed by atoms with E-state index in [1.807, 2.05) is 22.2 Å². The van der Waals surface area contributed by atoms with Crippen molar-refractivity contribution in [3.05, 3.63) is 58.4 Å². The van der Waals surface area contributed by atoms with Crippen LogP contribution in [0.3, 0.4) is 0 Å². The molecule has 1 fully saturated rings. The highest BCUT2D eigenvalue weighted by Crippen LogP contribution is 2.40. The maximum atomic E-state index is 13.2. The van der Waals surface area contributed by atoms with Crippen LogP contribution in [0.15, 0.2) is 47.2 Å². The van der Waals surface area contributed by atoms with E-state index in [4.69, 9.17) is 9.54 Å². The molecule has 0 spiro atoms. The van der Waals surface area contributed by atoms with Crippen LogP contribution in [0.1, 0.15) is 32.0 Å². The molecule has 14 heteroatoms. The summed E-state index contributed by atoms with van der Waals surface area (Å²) in [7, 11) is -4.49. The smallest absolute Gasteiger partial charge is 0.333 e. The Balaban J connectivity index is 1.85. The molecule has 1 aromatic carbocycles. The average Bonchev–Trinajstić information content (AvgIpc) is 3.53. The number of aromatic nitrogens is 1. The van der Waals surface area contributed by atoms with Crippen molar-refractivity contribution < 1.29 is 27.4 Å². The normalized spacial score (nSPS) is 16.0. The van der Waals surface area contributed by atoms with Crippen molar-refractivity contribution in [1.29, 1.82) is 0 Å². The van der Waals surface area contributed by atoms with Crippen molar-refractivity contribution in [3.8, 4) is 9.88 Å². The molecule has 37 heavy (non-hydrogen) atoms. The third kappa shape index (κ3) is 5.23. The van der Waals surface area contributed by atoms with Crippen LogP contribution in [0.5, 0.6) is 0 Å². The Kier molecular flexibility index (Phi) is 7.37. The molecule has 0 bridgehead atoms. The van der Waals surface area contributed by atoms with Crippen molar-refractivity contribution >= 4 is 56.4 Å². The van der Waals surface area contributed by atoms with Gasteiger partial charge >= 0.3 is 22.1 Å². The Morgan fingerprint density at radius 3 is 2.43 bits per heavy atom. The minimum atomic E-state index is -4.49. The van der Waals surface area contributed by atoms with Crippen molar-refractivity contribution in [2.75, 3.05) is 24.4 Å². The number of nitrogens with zero attached hydrogens (tertiary/aromatic N) is 4. The number of likely N-dealkylation sites (N-methyl/N-ethyl adjacent to an activating group) is 1. The number of thiophene rings is 1. The Hall–Kier alpha value is -3.33. The second-order valence-corrected chi connectivity index (χ2v) is 11.3. The van der Waals surface area contributed by atoms with Gasteiger partial charge in [-0.3, -0.25) is 23.7 Å². The van der Waals surface area contributed by atoms with Gasteiger partial charge in [-0.25, -0.2) is 15.0 Å². The van der Waals surface area contributed by atoms with Crippen LogP contribution in [0.2, 0.25) is 0 Å². The number of nitrogens with one attached hydrogen (secondary N) is 1. The highest BCUT2D eigenvalue weighted by molar-refractivity contribution is 7.87. The first-order valence-electron chi connectivity index (χ1n) is 11.2. The Morgan fingerprint density at radius 2 is 1.86 bits per heavy atom. The van der Waals surface area contributed by atoms with Crippen molar-refractivity contribution in [2.24, 2.45) is 0 Å². The number of piperazine rings is 1. The van der Waals surface area contributed by atoms with Crippen LogP contribution in [0.4, 0.5) is 5.69 Å².